The molecule has 0 bridgehead atoms. The highest BCUT2D eigenvalue weighted by Gasteiger charge is 2.21. The Morgan fingerprint density at radius 1 is 1.18 bits per heavy atom. The molecule has 2 N–H and O–H groups in total. The summed E-state index contributed by atoms with van der Waals surface area (Å²) in [7, 11) is 0. The van der Waals surface area contributed by atoms with Crippen LogP contribution in [0.4, 0.5) is 8.78 Å². The largest absolute Gasteiger partial charge is 0.389 e. The Bertz CT molecular complexity index is 344. The first-order valence-corrected chi connectivity index (χ1v) is 5.88. The molecule has 1 aromatic carbocycles. The van der Waals surface area contributed by atoms with Gasteiger partial charge in [0.25, 0.3) is 0 Å². The van der Waals surface area contributed by atoms with Crippen LogP contribution in [-0.4, -0.2) is 17.3 Å². The number of halogens is 2. The van der Waals surface area contributed by atoms with Crippen LogP contribution < -0.4 is 5.32 Å². The lowest BCUT2D eigenvalue weighted by Crippen LogP contribution is -2.39. The Hall–Kier alpha value is -1.00. The molecule has 0 aliphatic rings. The summed E-state index contributed by atoms with van der Waals surface area (Å²) in [6.45, 7) is 4.18. The maximum absolute atomic E-state index is 13.3. The predicted molar refractivity (Wildman–Crippen MR) is 63.6 cm³/mol. The van der Waals surface area contributed by atoms with E-state index in [0.29, 0.717) is 19.4 Å². The number of rotatable bonds is 6. The Kier molecular flexibility index (Phi) is 5.02. The molecule has 0 saturated heterocycles. The molecule has 0 saturated carbocycles. The summed E-state index contributed by atoms with van der Waals surface area (Å²) in [4.78, 5) is 0. The van der Waals surface area contributed by atoms with E-state index in [1.54, 1.807) is 0 Å². The molecule has 0 fully saturated rings. The molecule has 0 radical (unpaired) electrons. The predicted octanol–water partition coefficient (Wildman–Crippen LogP) is 2.61. The molecular weight excluding hydrogens is 224 g/mol. The highest BCUT2D eigenvalue weighted by Crippen LogP contribution is 2.15. The van der Waals surface area contributed by atoms with Crippen LogP contribution in [0.25, 0.3) is 0 Å². The zero-order valence-corrected chi connectivity index (χ0v) is 10.3. The van der Waals surface area contributed by atoms with Gasteiger partial charge in [-0.25, -0.2) is 8.78 Å². The van der Waals surface area contributed by atoms with Crippen LogP contribution in [0.2, 0.25) is 0 Å². The standard InChI is InChI=1S/C13H19F2NO/c1-3-13(17,4-2)9-16-8-10-11(14)6-5-7-12(10)15/h5-7,16-17H,3-4,8-9H2,1-2H3. The number of nitrogens with one attached hydrogen (secondary N) is 1. The van der Waals surface area contributed by atoms with Gasteiger partial charge >= 0.3 is 0 Å². The third-order valence-corrected chi connectivity index (χ3v) is 3.13. The second-order valence-electron chi connectivity index (χ2n) is 4.24. The normalized spacial score (nSPS) is 11.8. The molecule has 96 valence electrons. The van der Waals surface area contributed by atoms with Crippen molar-refractivity contribution >= 4 is 0 Å². The molecule has 0 heterocycles. The van der Waals surface area contributed by atoms with Gasteiger partial charge in [0.2, 0.25) is 0 Å². The first-order chi connectivity index (χ1) is 8.02. The Morgan fingerprint density at radius 2 is 1.71 bits per heavy atom. The maximum Gasteiger partial charge on any atom is 0.130 e. The van der Waals surface area contributed by atoms with Gasteiger partial charge in [0.05, 0.1) is 5.60 Å². The van der Waals surface area contributed by atoms with Crippen LogP contribution in [0.15, 0.2) is 18.2 Å². The zero-order chi connectivity index (χ0) is 12.9. The second-order valence-corrected chi connectivity index (χ2v) is 4.24. The summed E-state index contributed by atoms with van der Waals surface area (Å²) >= 11 is 0. The van der Waals surface area contributed by atoms with E-state index >= 15 is 0 Å². The Morgan fingerprint density at radius 3 is 2.18 bits per heavy atom. The van der Waals surface area contributed by atoms with Gasteiger partial charge in [-0.15, -0.1) is 0 Å². The lowest BCUT2D eigenvalue weighted by molar-refractivity contribution is 0.0321. The fraction of sp³-hybridized carbons (Fsp3) is 0.538. The van der Waals surface area contributed by atoms with E-state index in [9.17, 15) is 13.9 Å². The van der Waals surface area contributed by atoms with Crippen LogP contribution >= 0.6 is 0 Å². The SMILES string of the molecule is CCC(O)(CC)CNCc1c(F)cccc1F. The van der Waals surface area contributed by atoms with Crippen molar-refractivity contribution in [3.63, 3.8) is 0 Å². The average Bonchev–Trinajstić information content (AvgIpc) is 2.32. The van der Waals surface area contributed by atoms with Crippen molar-refractivity contribution in [1.82, 2.24) is 5.32 Å². The van der Waals surface area contributed by atoms with Crippen molar-refractivity contribution in [1.29, 1.82) is 0 Å². The summed E-state index contributed by atoms with van der Waals surface area (Å²) in [6, 6.07) is 3.79. The van der Waals surface area contributed by atoms with Crippen molar-refractivity contribution in [2.75, 3.05) is 6.54 Å². The molecule has 0 aliphatic carbocycles. The van der Waals surface area contributed by atoms with Gasteiger partial charge in [-0.2, -0.15) is 0 Å². The van der Waals surface area contributed by atoms with E-state index in [0.717, 1.165) is 0 Å². The second kappa shape index (κ2) is 6.07. The molecule has 0 amide bonds. The molecule has 1 rings (SSSR count). The molecule has 0 atom stereocenters. The molecule has 2 nitrogen and oxygen atoms in total. The quantitative estimate of drug-likeness (QED) is 0.805. The van der Waals surface area contributed by atoms with E-state index in [2.05, 4.69) is 5.32 Å². The van der Waals surface area contributed by atoms with Crippen molar-refractivity contribution in [3.8, 4) is 0 Å². The summed E-state index contributed by atoms with van der Waals surface area (Å²) in [6.07, 6.45) is 1.21. The number of hydrogen-bond donors (Lipinski definition) is 2. The highest BCUT2D eigenvalue weighted by molar-refractivity contribution is 5.19. The van der Waals surface area contributed by atoms with E-state index in [4.69, 9.17) is 0 Å². The van der Waals surface area contributed by atoms with E-state index in [1.807, 2.05) is 13.8 Å². The topological polar surface area (TPSA) is 32.3 Å². The van der Waals surface area contributed by atoms with Crippen molar-refractivity contribution < 1.29 is 13.9 Å². The summed E-state index contributed by atoms with van der Waals surface area (Å²) in [5, 5.41) is 12.9. The molecule has 4 heteroatoms. The van der Waals surface area contributed by atoms with Crippen molar-refractivity contribution in [2.45, 2.75) is 38.8 Å². The molecular formula is C13H19F2NO. The fourth-order valence-electron chi connectivity index (χ4n) is 1.62. The first kappa shape index (κ1) is 14.1. The lowest BCUT2D eigenvalue weighted by atomic mass is 9.97. The summed E-state index contributed by atoms with van der Waals surface area (Å²) < 4.78 is 26.6. The van der Waals surface area contributed by atoms with Crippen LogP contribution in [0.1, 0.15) is 32.3 Å². The third kappa shape index (κ3) is 3.75. The lowest BCUT2D eigenvalue weighted by Gasteiger charge is -2.25. The van der Waals surface area contributed by atoms with Gasteiger partial charge in [0.1, 0.15) is 11.6 Å². The van der Waals surface area contributed by atoms with E-state index < -0.39 is 17.2 Å². The molecule has 0 aromatic heterocycles. The fourth-order valence-corrected chi connectivity index (χ4v) is 1.62. The van der Waals surface area contributed by atoms with E-state index in [-0.39, 0.29) is 12.1 Å². The molecule has 17 heavy (non-hydrogen) atoms. The van der Waals surface area contributed by atoms with Gasteiger partial charge < -0.3 is 10.4 Å². The van der Waals surface area contributed by atoms with Gasteiger partial charge in [-0.1, -0.05) is 19.9 Å². The van der Waals surface area contributed by atoms with Crippen LogP contribution in [-0.2, 0) is 6.54 Å². The number of aliphatic hydroxyl groups is 1. The van der Waals surface area contributed by atoms with Crippen LogP contribution in [0.3, 0.4) is 0 Å². The number of benzene rings is 1. The number of hydrogen-bond acceptors (Lipinski definition) is 2. The minimum absolute atomic E-state index is 0.0158. The monoisotopic (exact) mass is 243 g/mol. The average molecular weight is 243 g/mol. The van der Waals surface area contributed by atoms with Gasteiger partial charge in [0, 0.05) is 18.7 Å². The van der Waals surface area contributed by atoms with Crippen molar-refractivity contribution in [2.24, 2.45) is 0 Å². The minimum atomic E-state index is -0.804. The van der Waals surface area contributed by atoms with Gasteiger partial charge in [0.15, 0.2) is 0 Å². The summed E-state index contributed by atoms with van der Waals surface area (Å²) in [5.74, 6) is -1.12. The first-order valence-electron chi connectivity index (χ1n) is 5.88. The molecule has 0 aliphatic heterocycles. The summed E-state index contributed by atoms with van der Waals surface area (Å²) in [5.41, 5.74) is -0.788. The third-order valence-electron chi connectivity index (χ3n) is 3.13. The van der Waals surface area contributed by atoms with Gasteiger partial charge in [-0.05, 0) is 25.0 Å². The zero-order valence-electron chi connectivity index (χ0n) is 10.3. The van der Waals surface area contributed by atoms with Crippen LogP contribution in [0.5, 0.6) is 0 Å². The van der Waals surface area contributed by atoms with E-state index in [1.165, 1.54) is 18.2 Å². The molecule has 1 aromatic rings. The molecule has 0 spiro atoms. The van der Waals surface area contributed by atoms with Gasteiger partial charge in [-0.3, -0.25) is 0 Å². The van der Waals surface area contributed by atoms with Crippen LogP contribution in [0, 0.1) is 11.6 Å². The van der Waals surface area contributed by atoms with Crippen molar-refractivity contribution in [3.05, 3.63) is 35.4 Å². The minimum Gasteiger partial charge on any atom is -0.389 e. The molecule has 0 unspecified atom stereocenters. The Balaban J connectivity index is 2.57. The highest BCUT2D eigenvalue weighted by atomic mass is 19.1. The Labute approximate surface area is 101 Å². The smallest absolute Gasteiger partial charge is 0.130 e. The maximum atomic E-state index is 13.3.